The lowest BCUT2D eigenvalue weighted by atomic mass is 10.0. The molecule has 0 amide bonds. The first kappa shape index (κ1) is 23.8. The van der Waals surface area contributed by atoms with Crippen LogP contribution in [0.4, 0.5) is 0 Å². The van der Waals surface area contributed by atoms with Gasteiger partial charge < -0.3 is 5.73 Å². The molecule has 140 valence electrons. The molecule has 0 bridgehead atoms. The van der Waals surface area contributed by atoms with Gasteiger partial charge in [-0.25, -0.2) is 0 Å². The first-order valence-electron chi connectivity index (χ1n) is 10.1. The van der Waals surface area contributed by atoms with Crippen LogP contribution in [-0.4, -0.2) is 13.2 Å². The summed E-state index contributed by atoms with van der Waals surface area (Å²) < 4.78 is 0. The molecule has 0 saturated carbocycles. The topological polar surface area (TPSA) is 26.0 Å². The van der Waals surface area contributed by atoms with Crippen LogP contribution in [0.3, 0.4) is 0 Å². The van der Waals surface area contributed by atoms with Crippen molar-refractivity contribution in [2.45, 2.75) is 115 Å². The molecule has 0 heterocycles. The molecule has 0 aromatic heterocycles. The molecule has 0 unspecified atom stereocenters. The number of hydrogen-bond donors (Lipinski definition) is 1. The molecule has 23 heavy (non-hydrogen) atoms. The van der Waals surface area contributed by atoms with Crippen LogP contribution < -0.4 is 5.73 Å². The number of unbranched alkanes of at least 4 members (excludes halogenated alkanes) is 15. The van der Waals surface area contributed by atoms with Crippen molar-refractivity contribution in [2.24, 2.45) is 5.73 Å². The Morgan fingerprint density at radius 1 is 0.522 bits per heavy atom. The lowest BCUT2D eigenvalue weighted by molar-refractivity contribution is 0.530. The van der Waals surface area contributed by atoms with Crippen LogP contribution in [0.25, 0.3) is 0 Å². The predicted octanol–water partition coefficient (Wildman–Crippen LogP) is 7.74. The molecule has 4 heteroatoms. The van der Waals surface area contributed by atoms with Crippen molar-refractivity contribution in [1.82, 2.24) is 0 Å². The van der Waals surface area contributed by atoms with E-state index in [-0.39, 0.29) is 0 Å². The highest BCUT2D eigenvalue weighted by Gasteiger charge is 2.19. The van der Waals surface area contributed by atoms with Crippen LogP contribution >= 0.6 is 22.2 Å². The van der Waals surface area contributed by atoms with Crippen molar-refractivity contribution in [3.8, 4) is 0 Å². The molecule has 0 aromatic carbocycles. The van der Waals surface area contributed by atoms with Gasteiger partial charge in [0.2, 0.25) is 6.69 Å². The monoisotopic (exact) mass is 381 g/mol. The summed E-state index contributed by atoms with van der Waals surface area (Å²) in [6, 6.07) is 1.06. The number of halogens is 2. The molecule has 0 rings (SSSR count). The Balaban J connectivity index is 3.00. The maximum atomic E-state index is 6.10. The van der Waals surface area contributed by atoms with E-state index in [4.69, 9.17) is 27.9 Å². The highest BCUT2D eigenvalue weighted by Crippen LogP contribution is 2.23. The van der Waals surface area contributed by atoms with Crippen molar-refractivity contribution < 1.29 is 0 Å². The van der Waals surface area contributed by atoms with E-state index in [1.807, 2.05) is 6.55 Å². The molecule has 2 N–H and O–H groups in total. The summed E-state index contributed by atoms with van der Waals surface area (Å²) in [5.74, 6) is 0. The first-order valence-corrected chi connectivity index (χ1v) is 14.9. The lowest BCUT2D eigenvalue weighted by Crippen LogP contribution is -2.11. The Kier molecular flexibility index (Phi) is 18.2. The third-order valence-corrected chi connectivity index (χ3v) is 6.94. The van der Waals surface area contributed by atoms with Gasteiger partial charge >= 0.3 is 0 Å². The van der Waals surface area contributed by atoms with Gasteiger partial charge in [-0.05, 0) is 25.6 Å². The molecule has 0 radical (unpaired) electrons. The summed E-state index contributed by atoms with van der Waals surface area (Å²) in [5, 5.41) is 0. The van der Waals surface area contributed by atoms with E-state index in [1.54, 1.807) is 0 Å². The summed E-state index contributed by atoms with van der Waals surface area (Å²) in [4.78, 5) is 0. The van der Waals surface area contributed by atoms with Gasteiger partial charge in [-0.15, -0.1) is 22.2 Å². The Bertz CT molecular complexity index is 232. The van der Waals surface area contributed by atoms with Crippen LogP contribution in [-0.2, 0) is 0 Å². The zero-order valence-corrected chi connectivity index (χ0v) is 18.1. The van der Waals surface area contributed by atoms with Gasteiger partial charge in [0.25, 0.3) is 0 Å². The summed E-state index contributed by atoms with van der Waals surface area (Å²) >= 11 is 12.2. The number of rotatable bonds is 18. The third kappa shape index (κ3) is 22.8. The van der Waals surface area contributed by atoms with Gasteiger partial charge in [0.15, 0.2) is 0 Å². The highest BCUT2D eigenvalue weighted by atomic mass is 35.7. The molecular formula is C19H41Cl2NSi. The Morgan fingerprint density at radius 2 is 0.783 bits per heavy atom. The van der Waals surface area contributed by atoms with Crippen LogP contribution in [0.1, 0.15) is 103 Å². The molecule has 1 nitrogen and oxygen atoms in total. The minimum Gasteiger partial charge on any atom is -0.330 e. The third-order valence-electron chi connectivity index (χ3n) is 4.57. The van der Waals surface area contributed by atoms with Gasteiger partial charge in [-0.2, -0.15) is 0 Å². The average molecular weight is 383 g/mol. The quantitative estimate of drug-likeness (QED) is 0.146. The van der Waals surface area contributed by atoms with Gasteiger partial charge in [-0.1, -0.05) is 96.3 Å². The normalized spacial score (nSPS) is 12.0. The highest BCUT2D eigenvalue weighted by molar-refractivity contribution is 7.44. The molecule has 0 aliphatic heterocycles. The summed E-state index contributed by atoms with van der Waals surface area (Å²) in [7, 11) is 0. The van der Waals surface area contributed by atoms with E-state index in [1.165, 1.54) is 103 Å². The Morgan fingerprint density at radius 3 is 1.04 bits per heavy atom. The molecule has 0 fully saturated rings. The minimum absolute atomic E-state index is 0.863. The Labute approximate surface area is 156 Å². The van der Waals surface area contributed by atoms with E-state index < -0.39 is 6.69 Å². The maximum Gasteiger partial charge on any atom is 0.248 e. The predicted molar refractivity (Wildman–Crippen MR) is 111 cm³/mol. The first-order chi connectivity index (χ1) is 11.1. The van der Waals surface area contributed by atoms with Gasteiger partial charge in [0.1, 0.15) is 0 Å². The van der Waals surface area contributed by atoms with Crippen molar-refractivity contribution in [2.75, 3.05) is 6.54 Å². The van der Waals surface area contributed by atoms with Crippen LogP contribution in [0.5, 0.6) is 0 Å². The standard InChI is InChI=1S/C19H41Cl2NSi/c1-23(20,21)19-17-15-13-11-9-7-5-3-2-4-6-8-10-12-14-16-18-22/h2-19,22H2,1H3. The largest absolute Gasteiger partial charge is 0.330 e. The molecule has 0 aliphatic rings. The fraction of sp³-hybridized carbons (Fsp3) is 1.00. The summed E-state index contributed by atoms with van der Waals surface area (Å²) in [5.41, 5.74) is 5.50. The lowest BCUT2D eigenvalue weighted by Gasteiger charge is -2.09. The number of hydrogen-bond acceptors (Lipinski definition) is 1. The van der Waals surface area contributed by atoms with Crippen molar-refractivity contribution in [3.05, 3.63) is 0 Å². The maximum absolute atomic E-state index is 6.10. The minimum atomic E-state index is -1.83. The smallest absolute Gasteiger partial charge is 0.248 e. The van der Waals surface area contributed by atoms with Crippen LogP contribution in [0.2, 0.25) is 12.6 Å². The SMILES string of the molecule is C[Si](Cl)(Cl)CCCCCCCCCCCCCCCCCCN. The van der Waals surface area contributed by atoms with Crippen LogP contribution in [0.15, 0.2) is 0 Å². The Hall–Kier alpha value is 0.757. The van der Waals surface area contributed by atoms with E-state index >= 15 is 0 Å². The van der Waals surface area contributed by atoms with Crippen molar-refractivity contribution in [1.29, 1.82) is 0 Å². The van der Waals surface area contributed by atoms with Crippen molar-refractivity contribution in [3.63, 3.8) is 0 Å². The second kappa shape index (κ2) is 17.6. The molecule has 0 atom stereocenters. The zero-order valence-electron chi connectivity index (χ0n) is 15.6. The van der Waals surface area contributed by atoms with Gasteiger partial charge in [0.05, 0.1) is 0 Å². The van der Waals surface area contributed by atoms with E-state index in [9.17, 15) is 0 Å². The molecule has 0 spiro atoms. The number of nitrogens with two attached hydrogens (primary N) is 1. The average Bonchev–Trinajstić information content (AvgIpc) is 2.49. The molecular weight excluding hydrogens is 341 g/mol. The second-order valence-corrected chi connectivity index (χ2v) is 15.5. The molecule has 0 saturated heterocycles. The van der Waals surface area contributed by atoms with E-state index in [2.05, 4.69) is 0 Å². The zero-order chi connectivity index (χ0) is 17.2. The van der Waals surface area contributed by atoms with Crippen molar-refractivity contribution >= 4 is 28.9 Å². The fourth-order valence-corrected chi connectivity index (χ4v) is 4.73. The van der Waals surface area contributed by atoms with Gasteiger partial charge in [0, 0.05) is 0 Å². The van der Waals surface area contributed by atoms with E-state index in [0.717, 1.165) is 12.6 Å². The molecule has 0 aliphatic carbocycles. The molecule has 0 aromatic rings. The second-order valence-electron chi connectivity index (χ2n) is 7.27. The van der Waals surface area contributed by atoms with Crippen LogP contribution in [0, 0.1) is 0 Å². The van der Waals surface area contributed by atoms with E-state index in [0.29, 0.717) is 0 Å². The summed E-state index contributed by atoms with van der Waals surface area (Å²) in [6.45, 7) is 1.06. The summed E-state index contributed by atoms with van der Waals surface area (Å²) in [6.07, 6.45) is 22.1. The fourth-order valence-electron chi connectivity index (χ4n) is 3.05. The van der Waals surface area contributed by atoms with Gasteiger partial charge in [-0.3, -0.25) is 0 Å².